The zero-order valence-electron chi connectivity index (χ0n) is 12.5. The van der Waals surface area contributed by atoms with Crippen molar-refractivity contribution < 1.29 is 21.6 Å². The van der Waals surface area contributed by atoms with Gasteiger partial charge in [0.1, 0.15) is 4.90 Å². The van der Waals surface area contributed by atoms with E-state index in [2.05, 4.69) is 0 Å². The van der Waals surface area contributed by atoms with E-state index in [-0.39, 0.29) is 17.5 Å². The van der Waals surface area contributed by atoms with E-state index in [0.29, 0.717) is 11.8 Å². The van der Waals surface area contributed by atoms with Crippen molar-refractivity contribution in [3.8, 4) is 0 Å². The van der Waals surface area contributed by atoms with E-state index in [9.17, 15) is 21.6 Å². The normalized spacial score (nSPS) is 17.9. The van der Waals surface area contributed by atoms with E-state index >= 15 is 0 Å². The highest BCUT2D eigenvalue weighted by Crippen LogP contribution is 2.41. The van der Waals surface area contributed by atoms with Crippen molar-refractivity contribution >= 4 is 27.3 Å². The van der Waals surface area contributed by atoms with Gasteiger partial charge in [-0.25, -0.2) is 8.42 Å². The molecule has 1 aliphatic rings. The molecule has 0 saturated carbocycles. The summed E-state index contributed by atoms with van der Waals surface area (Å²) in [5.41, 5.74) is 0.258. The summed E-state index contributed by atoms with van der Waals surface area (Å²) in [5, 5.41) is -0.236. The molecule has 1 heterocycles. The molecule has 1 atom stereocenters. The van der Waals surface area contributed by atoms with Crippen LogP contribution in [0.4, 0.5) is 18.9 Å². The first-order chi connectivity index (χ1) is 11.1. The number of anilines is 1. The molecule has 1 unspecified atom stereocenters. The van der Waals surface area contributed by atoms with Crippen molar-refractivity contribution in [2.45, 2.75) is 23.9 Å². The second kappa shape index (κ2) is 5.67. The van der Waals surface area contributed by atoms with E-state index < -0.39 is 26.7 Å². The van der Waals surface area contributed by atoms with Crippen LogP contribution in [-0.2, 0) is 16.2 Å². The fourth-order valence-electron chi connectivity index (χ4n) is 2.80. The Morgan fingerprint density at radius 1 is 1.17 bits per heavy atom. The highest BCUT2D eigenvalue weighted by molar-refractivity contribution is 7.93. The van der Waals surface area contributed by atoms with Crippen LogP contribution in [-0.4, -0.2) is 15.0 Å². The summed E-state index contributed by atoms with van der Waals surface area (Å²) in [4.78, 5) is -0.539. The number of halogens is 4. The smallest absolute Gasteiger partial charge is 0.265 e. The first-order valence-corrected chi connectivity index (χ1v) is 8.92. The third-order valence-corrected chi connectivity index (χ3v) is 6.26. The van der Waals surface area contributed by atoms with Crippen molar-refractivity contribution in [2.75, 3.05) is 10.8 Å². The molecular formula is C16H13ClF3NO2S. The van der Waals surface area contributed by atoms with E-state index in [1.807, 2.05) is 13.0 Å². The second-order valence-electron chi connectivity index (χ2n) is 5.64. The van der Waals surface area contributed by atoms with Crippen LogP contribution in [0.25, 0.3) is 0 Å². The lowest BCUT2D eigenvalue weighted by Gasteiger charge is -2.21. The molecule has 0 saturated heterocycles. The van der Waals surface area contributed by atoms with Gasteiger partial charge in [0.05, 0.1) is 16.3 Å². The van der Waals surface area contributed by atoms with Gasteiger partial charge in [-0.15, -0.1) is 0 Å². The SMILES string of the molecule is CC1CN(S(=O)(=O)c2cc(C(F)(F)F)ccc2Cl)c2ccccc21. The summed E-state index contributed by atoms with van der Waals surface area (Å²) >= 11 is 5.90. The Hall–Kier alpha value is -1.73. The Morgan fingerprint density at radius 2 is 1.83 bits per heavy atom. The number of rotatable bonds is 2. The van der Waals surface area contributed by atoms with Gasteiger partial charge >= 0.3 is 6.18 Å². The van der Waals surface area contributed by atoms with Crippen LogP contribution in [0.5, 0.6) is 0 Å². The number of para-hydroxylation sites is 1. The van der Waals surface area contributed by atoms with Crippen molar-refractivity contribution in [2.24, 2.45) is 0 Å². The molecule has 0 fully saturated rings. The summed E-state index contributed by atoms with van der Waals surface area (Å²) in [5.74, 6) is -0.0550. The standard InChI is InChI=1S/C16H13ClF3NO2S/c1-10-9-21(14-5-3-2-4-12(10)14)24(22,23)15-8-11(16(18,19)20)6-7-13(15)17/h2-8,10H,9H2,1H3. The Balaban J connectivity index is 2.13. The molecular weight excluding hydrogens is 363 g/mol. The van der Waals surface area contributed by atoms with Crippen LogP contribution >= 0.6 is 11.6 Å². The Kier molecular flexibility index (Phi) is 4.04. The van der Waals surface area contributed by atoms with Crippen molar-refractivity contribution in [3.05, 3.63) is 58.6 Å². The zero-order valence-corrected chi connectivity index (χ0v) is 14.1. The fraction of sp³-hybridized carbons (Fsp3) is 0.250. The van der Waals surface area contributed by atoms with Crippen molar-refractivity contribution in [3.63, 3.8) is 0 Å². The maximum atomic E-state index is 12.9. The number of fused-ring (bicyclic) bond motifs is 1. The molecule has 0 amide bonds. The predicted octanol–water partition coefficient (Wildman–Crippen LogP) is 4.67. The summed E-state index contributed by atoms with van der Waals surface area (Å²) in [6.45, 7) is 2.02. The monoisotopic (exact) mass is 375 g/mol. The largest absolute Gasteiger partial charge is 0.416 e. The molecule has 0 bridgehead atoms. The molecule has 0 spiro atoms. The average molecular weight is 376 g/mol. The van der Waals surface area contributed by atoms with Gasteiger partial charge in [-0.2, -0.15) is 13.2 Å². The topological polar surface area (TPSA) is 37.4 Å². The molecule has 3 rings (SSSR count). The van der Waals surface area contributed by atoms with Crippen LogP contribution in [0, 0.1) is 0 Å². The average Bonchev–Trinajstić information content (AvgIpc) is 2.85. The van der Waals surface area contributed by atoms with E-state index in [4.69, 9.17) is 11.6 Å². The van der Waals surface area contributed by atoms with Gasteiger partial charge < -0.3 is 0 Å². The molecule has 0 aromatic heterocycles. The van der Waals surface area contributed by atoms with Gasteiger partial charge in [0.15, 0.2) is 0 Å². The molecule has 24 heavy (non-hydrogen) atoms. The second-order valence-corrected chi connectivity index (χ2v) is 7.88. The molecule has 128 valence electrons. The third-order valence-electron chi connectivity index (χ3n) is 4.00. The van der Waals surface area contributed by atoms with Gasteiger partial charge in [-0.1, -0.05) is 36.7 Å². The minimum Gasteiger partial charge on any atom is -0.265 e. The van der Waals surface area contributed by atoms with Crippen molar-refractivity contribution in [1.29, 1.82) is 0 Å². The van der Waals surface area contributed by atoms with Crippen LogP contribution in [0.2, 0.25) is 5.02 Å². The molecule has 2 aromatic carbocycles. The number of alkyl halides is 3. The molecule has 0 radical (unpaired) electrons. The van der Waals surface area contributed by atoms with Gasteiger partial charge in [-0.3, -0.25) is 4.31 Å². The van der Waals surface area contributed by atoms with Crippen LogP contribution in [0.15, 0.2) is 47.4 Å². The maximum absolute atomic E-state index is 12.9. The Bertz CT molecular complexity index is 896. The minimum atomic E-state index is -4.65. The van der Waals surface area contributed by atoms with Gasteiger partial charge in [-0.05, 0) is 29.8 Å². The summed E-state index contributed by atoms with van der Waals surface area (Å²) in [7, 11) is -4.20. The summed E-state index contributed by atoms with van der Waals surface area (Å²) in [6, 6.07) is 9.24. The first kappa shape index (κ1) is 17.1. The van der Waals surface area contributed by atoms with E-state index in [1.54, 1.807) is 18.2 Å². The maximum Gasteiger partial charge on any atom is 0.416 e. The lowest BCUT2D eigenvalue weighted by atomic mass is 10.0. The highest BCUT2D eigenvalue weighted by atomic mass is 35.5. The quantitative estimate of drug-likeness (QED) is 0.764. The number of benzene rings is 2. The van der Waals surface area contributed by atoms with Crippen LogP contribution in [0.3, 0.4) is 0 Å². The third kappa shape index (κ3) is 2.75. The molecule has 0 N–H and O–H groups in total. The summed E-state index contributed by atoms with van der Waals surface area (Å²) in [6.07, 6.45) is -4.65. The Morgan fingerprint density at radius 3 is 2.50 bits per heavy atom. The molecule has 3 nitrogen and oxygen atoms in total. The highest BCUT2D eigenvalue weighted by Gasteiger charge is 2.38. The molecule has 1 aliphatic heterocycles. The molecule has 0 aliphatic carbocycles. The van der Waals surface area contributed by atoms with Crippen LogP contribution < -0.4 is 4.31 Å². The first-order valence-electron chi connectivity index (χ1n) is 7.11. The number of nitrogens with zero attached hydrogens (tertiary/aromatic N) is 1. The lowest BCUT2D eigenvalue weighted by Crippen LogP contribution is -2.30. The lowest BCUT2D eigenvalue weighted by molar-refractivity contribution is -0.137. The van der Waals surface area contributed by atoms with E-state index in [0.717, 1.165) is 22.0 Å². The summed E-state index contributed by atoms with van der Waals surface area (Å²) < 4.78 is 65.7. The van der Waals surface area contributed by atoms with Crippen molar-refractivity contribution in [1.82, 2.24) is 0 Å². The van der Waals surface area contributed by atoms with E-state index in [1.165, 1.54) is 0 Å². The zero-order chi connectivity index (χ0) is 17.7. The number of sulfonamides is 1. The molecule has 8 heteroatoms. The predicted molar refractivity (Wildman–Crippen MR) is 85.8 cm³/mol. The van der Waals surface area contributed by atoms with Gasteiger partial charge in [0.2, 0.25) is 0 Å². The minimum absolute atomic E-state index is 0.0550. The van der Waals surface area contributed by atoms with Gasteiger partial charge in [0.25, 0.3) is 10.0 Å². The number of hydrogen-bond acceptors (Lipinski definition) is 2. The Labute approximate surface area is 142 Å². The van der Waals surface area contributed by atoms with Crippen LogP contribution in [0.1, 0.15) is 24.0 Å². The number of hydrogen-bond donors (Lipinski definition) is 0. The molecule has 2 aromatic rings. The fourth-order valence-corrected chi connectivity index (χ4v) is 4.88. The van der Waals surface area contributed by atoms with Gasteiger partial charge in [0, 0.05) is 12.5 Å².